The zero-order chi connectivity index (χ0) is 13.1. The fourth-order valence-corrected chi connectivity index (χ4v) is 2.10. The third-order valence-electron chi connectivity index (χ3n) is 2.87. The summed E-state index contributed by atoms with van der Waals surface area (Å²) in [4.78, 5) is 4.34. The zero-order valence-electron chi connectivity index (χ0n) is 10.4. The number of pyridine rings is 1. The van der Waals surface area contributed by atoms with Gasteiger partial charge in [0.2, 0.25) is 0 Å². The quantitative estimate of drug-likeness (QED) is 0.925. The number of methoxy groups -OCH3 is 1. The van der Waals surface area contributed by atoms with E-state index in [2.05, 4.69) is 4.98 Å². The minimum absolute atomic E-state index is 0.347. The van der Waals surface area contributed by atoms with E-state index in [1.165, 1.54) is 0 Å². The van der Waals surface area contributed by atoms with Crippen molar-refractivity contribution in [2.75, 3.05) is 7.11 Å². The van der Waals surface area contributed by atoms with Crippen LogP contribution >= 0.6 is 11.6 Å². The van der Waals surface area contributed by atoms with Crippen molar-refractivity contribution in [3.63, 3.8) is 0 Å². The summed E-state index contributed by atoms with van der Waals surface area (Å²) in [5, 5.41) is 0.634. The van der Waals surface area contributed by atoms with Gasteiger partial charge < -0.3 is 10.5 Å². The van der Waals surface area contributed by atoms with E-state index in [0.717, 1.165) is 22.6 Å². The van der Waals surface area contributed by atoms with Crippen LogP contribution in [0.15, 0.2) is 36.5 Å². The summed E-state index contributed by atoms with van der Waals surface area (Å²) in [6, 6.07) is 8.94. The van der Waals surface area contributed by atoms with Gasteiger partial charge in [0.15, 0.2) is 0 Å². The second-order valence-corrected chi connectivity index (χ2v) is 4.51. The average Bonchev–Trinajstić information content (AvgIpc) is 2.38. The largest absolute Gasteiger partial charge is 0.496 e. The van der Waals surface area contributed by atoms with Crippen LogP contribution < -0.4 is 10.5 Å². The van der Waals surface area contributed by atoms with Gasteiger partial charge in [-0.05, 0) is 36.8 Å². The van der Waals surface area contributed by atoms with Crippen molar-refractivity contribution in [3.8, 4) is 5.75 Å². The molecule has 2 rings (SSSR count). The first kappa shape index (κ1) is 12.9. The molecule has 1 unspecified atom stereocenters. The Morgan fingerprint density at radius 3 is 2.78 bits per heavy atom. The van der Waals surface area contributed by atoms with Crippen molar-refractivity contribution < 1.29 is 4.74 Å². The summed E-state index contributed by atoms with van der Waals surface area (Å²) in [6.07, 6.45) is 1.74. The number of hydrogen-bond acceptors (Lipinski definition) is 3. The fraction of sp³-hybridized carbons (Fsp3) is 0.214. The van der Waals surface area contributed by atoms with Crippen LogP contribution in [-0.2, 0) is 0 Å². The molecule has 0 aliphatic rings. The molecular weight excluding hydrogens is 248 g/mol. The van der Waals surface area contributed by atoms with Gasteiger partial charge in [-0.25, -0.2) is 0 Å². The molecule has 0 bridgehead atoms. The molecule has 0 saturated heterocycles. The van der Waals surface area contributed by atoms with E-state index in [1.54, 1.807) is 19.4 Å². The first-order chi connectivity index (χ1) is 8.63. The van der Waals surface area contributed by atoms with Gasteiger partial charge in [-0.15, -0.1) is 0 Å². The predicted molar refractivity (Wildman–Crippen MR) is 73.0 cm³/mol. The second kappa shape index (κ2) is 5.38. The van der Waals surface area contributed by atoms with Crippen LogP contribution in [0.5, 0.6) is 5.75 Å². The lowest BCUT2D eigenvalue weighted by Gasteiger charge is -2.17. The molecule has 0 saturated carbocycles. The SMILES string of the molecule is COc1ccc(Cl)cc1C(N)c1ncccc1C. The highest BCUT2D eigenvalue weighted by molar-refractivity contribution is 6.30. The Labute approximate surface area is 112 Å². The van der Waals surface area contributed by atoms with Crippen LogP contribution in [0.1, 0.15) is 22.9 Å². The van der Waals surface area contributed by atoms with E-state index in [9.17, 15) is 0 Å². The smallest absolute Gasteiger partial charge is 0.124 e. The third kappa shape index (κ3) is 2.47. The first-order valence-corrected chi connectivity index (χ1v) is 6.02. The van der Waals surface area contributed by atoms with E-state index in [1.807, 2.05) is 31.2 Å². The molecular formula is C14H15ClN2O. The second-order valence-electron chi connectivity index (χ2n) is 4.07. The van der Waals surface area contributed by atoms with Crippen molar-refractivity contribution in [3.05, 3.63) is 58.4 Å². The molecule has 0 fully saturated rings. The van der Waals surface area contributed by atoms with Crippen molar-refractivity contribution in [1.29, 1.82) is 0 Å². The fourth-order valence-electron chi connectivity index (χ4n) is 1.92. The molecule has 94 valence electrons. The minimum atomic E-state index is -0.347. The lowest BCUT2D eigenvalue weighted by Crippen LogP contribution is -2.16. The van der Waals surface area contributed by atoms with Crippen LogP contribution in [-0.4, -0.2) is 12.1 Å². The molecule has 1 atom stereocenters. The van der Waals surface area contributed by atoms with Gasteiger partial charge in [-0.2, -0.15) is 0 Å². The van der Waals surface area contributed by atoms with Crippen molar-refractivity contribution in [2.45, 2.75) is 13.0 Å². The lowest BCUT2D eigenvalue weighted by atomic mass is 10.00. The monoisotopic (exact) mass is 262 g/mol. The van der Waals surface area contributed by atoms with Gasteiger partial charge in [0.25, 0.3) is 0 Å². The highest BCUT2D eigenvalue weighted by Crippen LogP contribution is 2.30. The Morgan fingerprint density at radius 1 is 1.33 bits per heavy atom. The molecule has 0 radical (unpaired) electrons. The zero-order valence-corrected chi connectivity index (χ0v) is 11.1. The Morgan fingerprint density at radius 2 is 2.11 bits per heavy atom. The van der Waals surface area contributed by atoms with Gasteiger partial charge in [0.05, 0.1) is 18.8 Å². The molecule has 18 heavy (non-hydrogen) atoms. The molecule has 0 aliphatic carbocycles. The maximum absolute atomic E-state index is 6.26. The van der Waals surface area contributed by atoms with Crippen molar-refractivity contribution in [1.82, 2.24) is 4.98 Å². The summed E-state index contributed by atoms with van der Waals surface area (Å²) in [7, 11) is 1.62. The summed E-state index contributed by atoms with van der Waals surface area (Å²) in [6.45, 7) is 1.99. The molecule has 2 N–H and O–H groups in total. The molecule has 4 heteroatoms. The molecule has 2 aromatic rings. The van der Waals surface area contributed by atoms with E-state index >= 15 is 0 Å². The number of rotatable bonds is 3. The van der Waals surface area contributed by atoms with Gasteiger partial charge in [0.1, 0.15) is 5.75 Å². The van der Waals surface area contributed by atoms with Crippen LogP contribution in [0.2, 0.25) is 5.02 Å². The molecule has 0 spiro atoms. The molecule has 1 heterocycles. The maximum atomic E-state index is 6.26. The van der Waals surface area contributed by atoms with E-state index in [0.29, 0.717) is 5.02 Å². The van der Waals surface area contributed by atoms with Crippen LogP contribution in [0, 0.1) is 6.92 Å². The van der Waals surface area contributed by atoms with Crippen LogP contribution in [0.4, 0.5) is 0 Å². The summed E-state index contributed by atoms with van der Waals surface area (Å²) >= 11 is 6.01. The van der Waals surface area contributed by atoms with Gasteiger partial charge in [0, 0.05) is 16.8 Å². The summed E-state index contributed by atoms with van der Waals surface area (Å²) in [5.74, 6) is 0.719. The Hall–Kier alpha value is -1.58. The summed E-state index contributed by atoms with van der Waals surface area (Å²) in [5.41, 5.74) is 8.98. The molecule has 3 nitrogen and oxygen atoms in total. The minimum Gasteiger partial charge on any atom is -0.496 e. The highest BCUT2D eigenvalue weighted by Gasteiger charge is 2.17. The Bertz CT molecular complexity index is 557. The van der Waals surface area contributed by atoms with Crippen LogP contribution in [0.3, 0.4) is 0 Å². The standard InChI is InChI=1S/C14H15ClN2O/c1-9-4-3-7-17-14(9)13(16)11-8-10(15)5-6-12(11)18-2/h3-8,13H,16H2,1-2H3. The normalized spacial score (nSPS) is 12.2. The maximum Gasteiger partial charge on any atom is 0.124 e. The topological polar surface area (TPSA) is 48.1 Å². The first-order valence-electron chi connectivity index (χ1n) is 5.64. The Kier molecular flexibility index (Phi) is 3.84. The number of aryl methyl sites for hydroxylation is 1. The number of nitrogens with zero attached hydrogens (tertiary/aromatic N) is 1. The number of benzene rings is 1. The van der Waals surface area contributed by atoms with Gasteiger partial charge in [-0.3, -0.25) is 4.98 Å². The number of halogens is 1. The number of aromatic nitrogens is 1. The molecule has 0 aliphatic heterocycles. The van der Waals surface area contributed by atoms with E-state index < -0.39 is 0 Å². The summed E-state index contributed by atoms with van der Waals surface area (Å²) < 4.78 is 5.32. The molecule has 1 aromatic heterocycles. The van der Waals surface area contributed by atoms with Gasteiger partial charge in [-0.1, -0.05) is 17.7 Å². The predicted octanol–water partition coefficient (Wildman–Crippen LogP) is 3.10. The van der Waals surface area contributed by atoms with Gasteiger partial charge >= 0.3 is 0 Å². The van der Waals surface area contributed by atoms with Crippen molar-refractivity contribution >= 4 is 11.6 Å². The highest BCUT2D eigenvalue weighted by atomic mass is 35.5. The third-order valence-corrected chi connectivity index (χ3v) is 3.11. The molecule has 1 aromatic carbocycles. The average molecular weight is 263 g/mol. The Balaban J connectivity index is 2.48. The number of hydrogen-bond donors (Lipinski definition) is 1. The van der Waals surface area contributed by atoms with E-state index in [-0.39, 0.29) is 6.04 Å². The number of ether oxygens (including phenoxy) is 1. The molecule has 0 amide bonds. The number of nitrogens with two attached hydrogens (primary N) is 1. The van der Waals surface area contributed by atoms with E-state index in [4.69, 9.17) is 22.1 Å². The van der Waals surface area contributed by atoms with Crippen molar-refractivity contribution in [2.24, 2.45) is 5.73 Å². The lowest BCUT2D eigenvalue weighted by molar-refractivity contribution is 0.407. The van der Waals surface area contributed by atoms with Crippen LogP contribution in [0.25, 0.3) is 0 Å².